The van der Waals surface area contributed by atoms with E-state index in [4.69, 9.17) is 13.7 Å². The second-order valence-electron chi connectivity index (χ2n) is 4.23. The van der Waals surface area contributed by atoms with Gasteiger partial charge >= 0.3 is 5.97 Å². The lowest BCUT2D eigenvalue weighted by atomic mass is 10.1. The molecule has 3 unspecified atom stereocenters. The third kappa shape index (κ3) is 1.95. The van der Waals surface area contributed by atoms with Crippen molar-refractivity contribution < 1.29 is 18.5 Å². The minimum Gasteiger partial charge on any atom is -0.489 e. The minimum absolute atomic E-state index is 0.0402. The molecule has 0 N–H and O–H groups in total. The number of carbonyl (C=O) groups excluding carboxylic acids is 1. The number of benzene rings is 1. The summed E-state index contributed by atoms with van der Waals surface area (Å²) < 4.78 is 16.1. The number of ether oxygens (including phenoxy) is 2. The molecule has 6 heteroatoms. The van der Waals surface area contributed by atoms with Gasteiger partial charge < -0.3 is 13.7 Å². The summed E-state index contributed by atoms with van der Waals surface area (Å²) in [6, 6.07) is 5.71. The van der Waals surface area contributed by atoms with Crippen LogP contribution in [-0.2, 0) is 9.53 Å². The molecule has 1 aromatic rings. The molecule has 0 amide bonds. The van der Waals surface area contributed by atoms with Crippen molar-refractivity contribution in [3.63, 3.8) is 0 Å². The largest absolute Gasteiger partial charge is 0.489 e. The fraction of sp³-hybridized carbons (Fsp3) is 0.417. The third-order valence-corrected chi connectivity index (χ3v) is 4.04. The van der Waals surface area contributed by atoms with Crippen LogP contribution in [0.25, 0.3) is 0 Å². The molecule has 96 valence electrons. The van der Waals surface area contributed by atoms with Gasteiger partial charge in [0.05, 0.1) is 6.61 Å². The highest BCUT2D eigenvalue weighted by molar-refractivity contribution is 14.2. The molecular formula is C12H11IO4S. The lowest BCUT2D eigenvalue weighted by Crippen LogP contribution is -2.13. The Morgan fingerprint density at radius 3 is 3.11 bits per heavy atom. The monoisotopic (exact) mass is 378 g/mol. The first kappa shape index (κ1) is 12.4. The van der Waals surface area contributed by atoms with Gasteiger partial charge in [-0.25, -0.2) is 0 Å². The predicted molar refractivity (Wildman–Crippen MR) is 76.0 cm³/mol. The van der Waals surface area contributed by atoms with E-state index in [2.05, 4.69) is 21.2 Å². The summed E-state index contributed by atoms with van der Waals surface area (Å²) in [5.74, 6) is 1.48. The Morgan fingerprint density at radius 1 is 1.56 bits per heavy atom. The fourth-order valence-electron chi connectivity index (χ4n) is 2.45. The van der Waals surface area contributed by atoms with Crippen molar-refractivity contribution in [1.82, 2.24) is 0 Å². The summed E-state index contributed by atoms with van der Waals surface area (Å²) in [5.41, 5.74) is 1.06. The quantitative estimate of drug-likeness (QED) is 0.458. The molecule has 0 bridgehead atoms. The highest BCUT2D eigenvalue weighted by Crippen LogP contribution is 2.59. The Morgan fingerprint density at radius 2 is 2.39 bits per heavy atom. The Labute approximate surface area is 121 Å². The molecule has 0 radical (unpaired) electrons. The molecule has 3 atom stereocenters. The van der Waals surface area contributed by atoms with Crippen molar-refractivity contribution in [2.24, 2.45) is 5.92 Å². The van der Waals surface area contributed by atoms with Crippen molar-refractivity contribution in [1.29, 1.82) is 0 Å². The molecule has 1 aliphatic carbocycles. The molecule has 4 nitrogen and oxygen atoms in total. The standard InChI is InChI=1S/C12H11IO4S/c1-2-15-12(14)10-9-7-5-6(17-18-13)3-4-8(7)16-11(9)10/h3-5,9-11H,2H2,1H3. The average molecular weight is 378 g/mol. The Hall–Kier alpha value is -0.630. The number of hydrogen-bond acceptors (Lipinski definition) is 5. The smallest absolute Gasteiger partial charge is 0.313 e. The summed E-state index contributed by atoms with van der Waals surface area (Å²) in [7, 11) is 1.27. The van der Waals surface area contributed by atoms with Gasteiger partial charge in [-0.1, -0.05) is 0 Å². The van der Waals surface area contributed by atoms with E-state index >= 15 is 0 Å². The fourth-order valence-corrected chi connectivity index (χ4v) is 3.25. The van der Waals surface area contributed by atoms with E-state index in [9.17, 15) is 4.79 Å². The van der Waals surface area contributed by atoms with Gasteiger partial charge in [-0.2, -0.15) is 0 Å². The molecule has 1 aromatic carbocycles. The summed E-state index contributed by atoms with van der Waals surface area (Å²) in [6.07, 6.45) is -0.0402. The molecule has 2 aliphatic rings. The molecule has 1 saturated carbocycles. The molecule has 1 heterocycles. The lowest BCUT2D eigenvalue weighted by molar-refractivity contribution is -0.145. The average Bonchev–Trinajstić information content (AvgIpc) is 2.95. The first-order chi connectivity index (χ1) is 8.76. The zero-order valence-corrected chi connectivity index (χ0v) is 12.6. The third-order valence-electron chi connectivity index (χ3n) is 3.24. The number of esters is 1. The van der Waals surface area contributed by atoms with Gasteiger partial charge in [0.15, 0.2) is 0 Å². The Kier molecular flexibility index (Phi) is 3.31. The number of hydrogen-bond donors (Lipinski definition) is 0. The summed E-state index contributed by atoms with van der Waals surface area (Å²) in [4.78, 5) is 11.7. The van der Waals surface area contributed by atoms with Crippen LogP contribution in [0.4, 0.5) is 0 Å². The van der Waals surface area contributed by atoms with E-state index in [1.165, 1.54) is 9.21 Å². The van der Waals surface area contributed by atoms with Crippen molar-refractivity contribution in [2.75, 3.05) is 6.61 Å². The second-order valence-corrected chi connectivity index (χ2v) is 5.60. The van der Waals surface area contributed by atoms with Crippen molar-refractivity contribution in [2.45, 2.75) is 18.9 Å². The number of halogens is 1. The zero-order valence-electron chi connectivity index (χ0n) is 9.59. The maximum atomic E-state index is 11.7. The molecule has 0 aromatic heterocycles. The predicted octanol–water partition coefficient (Wildman–Crippen LogP) is 3.10. The maximum Gasteiger partial charge on any atom is 0.313 e. The summed E-state index contributed by atoms with van der Waals surface area (Å²) in [5, 5.41) is 0. The molecule has 3 rings (SSSR count). The van der Waals surface area contributed by atoms with Crippen molar-refractivity contribution >= 4 is 36.4 Å². The van der Waals surface area contributed by atoms with Crippen LogP contribution in [0.3, 0.4) is 0 Å². The highest BCUT2D eigenvalue weighted by atomic mass is 127. The van der Waals surface area contributed by atoms with Gasteiger partial charge in [-0.15, -0.1) is 0 Å². The molecule has 1 fully saturated rings. The first-order valence-electron chi connectivity index (χ1n) is 5.68. The van der Waals surface area contributed by atoms with E-state index in [1.807, 2.05) is 25.1 Å². The van der Waals surface area contributed by atoms with Crippen LogP contribution < -0.4 is 8.92 Å². The maximum absolute atomic E-state index is 11.7. The summed E-state index contributed by atoms with van der Waals surface area (Å²) in [6.45, 7) is 2.23. The molecule has 18 heavy (non-hydrogen) atoms. The van der Waals surface area contributed by atoms with Crippen LogP contribution in [-0.4, -0.2) is 18.7 Å². The Balaban J connectivity index is 1.79. The van der Waals surface area contributed by atoms with Crippen LogP contribution in [0, 0.1) is 5.92 Å². The highest BCUT2D eigenvalue weighted by Gasteiger charge is 2.63. The van der Waals surface area contributed by atoms with Crippen molar-refractivity contribution in [3.05, 3.63) is 23.8 Å². The van der Waals surface area contributed by atoms with Gasteiger partial charge in [-0.05, 0) is 25.1 Å². The van der Waals surface area contributed by atoms with Gasteiger partial charge in [0, 0.05) is 32.7 Å². The van der Waals surface area contributed by atoms with Crippen LogP contribution in [0.1, 0.15) is 18.4 Å². The normalized spacial score (nSPS) is 26.9. The second kappa shape index (κ2) is 4.80. The van der Waals surface area contributed by atoms with E-state index < -0.39 is 0 Å². The van der Waals surface area contributed by atoms with Crippen LogP contribution in [0.15, 0.2) is 18.2 Å². The van der Waals surface area contributed by atoms with Gasteiger partial charge in [0.25, 0.3) is 0 Å². The topological polar surface area (TPSA) is 44.8 Å². The van der Waals surface area contributed by atoms with Crippen LogP contribution in [0.2, 0.25) is 0 Å². The van der Waals surface area contributed by atoms with Crippen LogP contribution in [0.5, 0.6) is 11.5 Å². The molecule has 1 aliphatic heterocycles. The number of carbonyl (C=O) groups is 1. The van der Waals surface area contributed by atoms with E-state index in [0.717, 1.165) is 17.1 Å². The van der Waals surface area contributed by atoms with Crippen LogP contribution >= 0.6 is 30.4 Å². The van der Waals surface area contributed by atoms with Gasteiger partial charge in [-0.3, -0.25) is 4.79 Å². The van der Waals surface area contributed by atoms with E-state index in [1.54, 1.807) is 0 Å². The van der Waals surface area contributed by atoms with Crippen molar-refractivity contribution in [3.8, 4) is 11.5 Å². The molecule has 0 saturated heterocycles. The number of fused-ring (bicyclic) bond motifs is 3. The first-order valence-corrected chi connectivity index (χ1v) is 8.97. The molecular weight excluding hydrogens is 367 g/mol. The lowest BCUT2D eigenvalue weighted by Gasteiger charge is -2.09. The van der Waals surface area contributed by atoms with E-state index in [0.29, 0.717) is 6.61 Å². The zero-order chi connectivity index (χ0) is 12.7. The van der Waals surface area contributed by atoms with E-state index in [-0.39, 0.29) is 23.9 Å². The van der Waals surface area contributed by atoms with Gasteiger partial charge in [0.1, 0.15) is 32.7 Å². The summed E-state index contributed by atoms with van der Waals surface area (Å²) >= 11 is 2.07. The SMILES string of the molecule is CCOC(=O)C1C2Oc3ccc(OSI)cc3C21. The number of rotatable bonds is 4. The molecule has 0 spiro atoms. The minimum atomic E-state index is -0.160. The van der Waals surface area contributed by atoms with Gasteiger partial charge in [0.2, 0.25) is 0 Å². The Bertz CT molecular complexity index is 493.